The van der Waals surface area contributed by atoms with E-state index in [0.717, 1.165) is 17.8 Å². The van der Waals surface area contributed by atoms with Crippen molar-refractivity contribution in [2.75, 3.05) is 0 Å². The van der Waals surface area contributed by atoms with Gasteiger partial charge in [-0.3, -0.25) is 0 Å². The topological polar surface area (TPSA) is 0 Å². The van der Waals surface area contributed by atoms with E-state index in [1.165, 1.54) is 51.4 Å². The fourth-order valence-corrected chi connectivity index (χ4v) is 2.79. The maximum atomic E-state index is 2.45. The molecule has 2 unspecified atom stereocenters. The SMILES string of the molecule is CCC(C)CC(C)CCC1CCCC1. The summed E-state index contributed by atoms with van der Waals surface area (Å²) in [5.41, 5.74) is 0. The molecule has 0 radical (unpaired) electrons. The zero-order valence-corrected chi connectivity index (χ0v) is 10.4. The molecule has 1 aliphatic carbocycles. The van der Waals surface area contributed by atoms with Crippen molar-refractivity contribution in [3.8, 4) is 0 Å². The van der Waals surface area contributed by atoms with Crippen LogP contribution in [0.1, 0.15) is 72.1 Å². The highest BCUT2D eigenvalue weighted by Gasteiger charge is 2.16. The summed E-state index contributed by atoms with van der Waals surface area (Å²) >= 11 is 0. The van der Waals surface area contributed by atoms with E-state index in [0.29, 0.717) is 0 Å². The third kappa shape index (κ3) is 4.48. The first-order valence-corrected chi connectivity index (χ1v) is 6.72. The normalized spacial score (nSPS) is 22.5. The lowest BCUT2D eigenvalue weighted by molar-refractivity contribution is 0.349. The molecule has 84 valence electrons. The second-order valence-corrected chi connectivity index (χ2v) is 5.58. The molecule has 0 spiro atoms. The quantitative estimate of drug-likeness (QED) is 0.559. The highest BCUT2D eigenvalue weighted by Crippen LogP contribution is 2.31. The lowest BCUT2D eigenvalue weighted by Crippen LogP contribution is -2.04. The van der Waals surface area contributed by atoms with Gasteiger partial charge in [0.15, 0.2) is 0 Å². The molecule has 0 bridgehead atoms. The van der Waals surface area contributed by atoms with E-state index in [4.69, 9.17) is 0 Å². The highest BCUT2D eigenvalue weighted by molar-refractivity contribution is 4.69. The summed E-state index contributed by atoms with van der Waals surface area (Å²) in [6, 6.07) is 0. The Bertz CT molecular complexity index is 133. The molecule has 0 heterocycles. The van der Waals surface area contributed by atoms with Crippen LogP contribution < -0.4 is 0 Å². The maximum absolute atomic E-state index is 2.45. The van der Waals surface area contributed by atoms with Gasteiger partial charge < -0.3 is 0 Å². The van der Waals surface area contributed by atoms with Gasteiger partial charge in [0, 0.05) is 0 Å². The van der Waals surface area contributed by atoms with Gasteiger partial charge in [-0.25, -0.2) is 0 Å². The number of rotatable bonds is 6. The third-order valence-corrected chi connectivity index (χ3v) is 4.04. The van der Waals surface area contributed by atoms with E-state index in [-0.39, 0.29) is 0 Å². The van der Waals surface area contributed by atoms with Gasteiger partial charge in [0.2, 0.25) is 0 Å². The zero-order chi connectivity index (χ0) is 10.4. The summed E-state index contributed by atoms with van der Waals surface area (Å²) in [4.78, 5) is 0. The van der Waals surface area contributed by atoms with E-state index in [9.17, 15) is 0 Å². The Kier molecular flexibility index (Phi) is 5.59. The summed E-state index contributed by atoms with van der Waals surface area (Å²) < 4.78 is 0. The van der Waals surface area contributed by atoms with Crippen LogP contribution in [0.4, 0.5) is 0 Å². The number of hydrogen-bond donors (Lipinski definition) is 0. The van der Waals surface area contributed by atoms with Crippen LogP contribution >= 0.6 is 0 Å². The average Bonchev–Trinajstić information content (AvgIpc) is 2.67. The van der Waals surface area contributed by atoms with Gasteiger partial charge in [-0.2, -0.15) is 0 Å². The second-order valence-electron chi connectivity index (χ2n) is 5.58. The average molecular weight is 196 g/mol. The fraction of sp³-hybridized carbons (Fsp3) is 1.00. The predicted octanol–water partition coefficient (Wildman–Crippen LogP) is 5.03. The van der Waals surface area contributed by atoms with Crippen LogP contribution in [0.2, 0.25) is 0 Å². The Morgan fingerprint density at radius 2 is 1.71 bits per heavy atom. The summed E-state index contributed by atoms with van der Waals surface area (Å²) in [6.45, 7) is 7.15. The van der Waals surface area contributed by atoms with Crippen LogP contribution in [-0.4, -0.2) is 0 Å². The van der Waals surface area contributed by atoms with Crippen LogP contribution in [0.15, 0.2) is 0 Å². The van der Waals surface area contributed by atoms with Crippen LogP contribution in [0.25, 0.3) is 0 Å². The zero-order valence-electron chi connectivity index (χ0n) is 10.4. The Morgan fingerprint density at radius 3 is 2.29 bits per heavy atom. The lowest BCUT2D eigenvalue weighted by atomic mass is 9.89. The van der Waals surface area contributed by atoms with E-state index in [1.807, 2.05) is 0 Å². The van der Waals surface area contributed by atoms with Crippen LogP contribution in [0.3, 0.4) is 0 Å². The van der Waals surface area contributed by atoms with Gasteiger partial charge in [0.05, 0.1) is 0 Å². The van der Waals surface area contributed by atoms with Gasteiger partial charge in [-0.05, 0) is 24.2 Å². The summed E-state index contributed by atoms with van der Waals surface area (Å²) in [5.74, 6) is 2.99. The Balaban J connectivity index is 2.04. The summed E-state index contributed by atoms with van der Waals surface area (Å²) in [6.07, 6.45) is 11.9. The fourth-order valence-electron chi connectivity index (χ4n) is 2.79. The Labute approximate surface area is 90.5 Å². The monoisotopic (exact) mass is 196 g/mol. The molecule has 1 rings (SSSR count). The molecule has 0 aromatic carbocycles. The molecule has 0 aromatic heterocycles. The molecule has 0 saturated heterocycles. The molecule has 0 nitrogen and oxygen atoms in total. The van der Waals surface area contributed by atoms with Crippen LogP contribution in [0, 0.1) is 17.8 Å². The van der Waals surface area contributed by atoms with Crippen molar-refractivity contribution < 1.29 is 0 Å². The minimum Gasteiger partial charge on any atom is -0.0651 e. The van der Waals surface area contributed by atoms with Crippen molar-refractivity contribution in [1.82, 2.24) is 0 Å². The summed E-state index contributed by atoms with van der Waals surface area (Å²) in [7, 11) is 0. The first-order valence-electron chi connectivity index (χ1n) is 6.72. The molecule has 2 atom stereocenters. The molecule has 1 fully saturated rings. The van der Waals surface area contributed by atoms with Crippen LogP contribution in [-0.2, 0) is 0 Å². The van der Waals surface area contributed by atoms with E-state index in [1.54, 1.807) is 0 Å². The first-order chi connectivity index (χ1) is 6.72. The number of hydrogen-bond acceptors (Lipinski definition) is 0. The smallest absolute Gasteiger partial charge is 0.0414 e. The molecule has 14 heavy (non-hydrogen) atoms. The molecule has 0 amide bonds. The van der Waals surface area contributed by atoms with Crippen molar-refractivity contribution in [3.63, 3.8) is 0 Å². The van der Waals surface area contributed by atoms with Gasteiger partial charge in [0.25, 0.3) is 0 Å². The third-order valence-electron chi connectivity index (χ3n) is 4.04. The largest absolute Gasteiger partial charge is 0.0651 e. The Morgan fingerprint density at radius 1 is 1.07 bits per heavy atom. The molecule has 0 aliphatic heterocycles. The predicted molar refractivity (Wildman–Crippen MR) is 64.4 cm³/mol. The molecular weight excluding hydrogens is 168 g/mol. The minimum atomic E-state index is 0.938. The molecule has 1 aliphatic rings. The molecule has 1 saturated carbocycles. The minimum absolute atomic E-state index is 0.938. The van der Waals surface area contributed by atoms with Crippen LogP contribution in [0.5, 0.6) is 0 Å². The van der Waals surface area contributed by atoms with Gasteiger partial charge in [-0.15, -0.1) is 0 Å². The molecular formula is C14H28. The van der Waals surface area contributed by atoms with E-state index < -0.39 is 0 Å². The Hall–Kier alpha value is 0. The lowest BCUT2D eigenvalue weighted by Gasteiger charge is -2.17. The van der Waals surface area contributed by atoms with Gasteiger partial charge >= 0.3 is 0 Å². The van der Waals surface area contributed by atoms with Crippen molar-refractivity contribution in [2.24, 2.45) is 17.8 Å². The second kappa shape index (κ2) is 6.48. The van der Waals surface area contributed by atoms with E-state index >= 15 is 0 Å². The maximum Gasteiger partial charge on any atom is -0.0414 e. The molecule has 0 heteroatoms. The standard InChI is InChI=1S/C14H28/c1-4-12(2)11-13(3)9-10-14-7-5-6-8-14/h12-14H,4-11H2,1-3H3. The van der Waals surface area contributed by atoms with Crippen molar-refractivity contribution in [2.45, 2.75) is 72.1 Å². The molecule has 0 aromatic rings. The van der Waals surface area contributed by atoms with Crippen molar-refractivity contribution >= 4 is 0 Å². The summed E-state index contributed by atoms with van der Waals surface area (Å²) in [5, 5.41) is 0. The van der Waals surface area contributed by atoms with Crippen molar-refractivity contribution in [3.05, 3.63) is 0 Å². The van der Waals surface area contributed by atoms with Gasteiger partial charge in [-0.1, -0.05) is 65.7 Å². The van der Waals surface area contributed by atoms with E-state index in [2.05, 4.69) is 20.8 Å². The first kappa shape index (κ1) is 12.1. The molecule has 0 N–H and O–H groups in total. The highest BCUT2D eigenvalue weighted by atomic mass is 14.2. The van der Waals surface area contributed by atoms with Gasteiger partial charge in [0.1, 0.15) is 0 Å². The van der Waals surface area contributed by atoms with Crippen molar-refractivity contribution in [1.29, 1.82) is 0 Å².